The van der Waals surface area contributed by atoms with Crippen LogP contribution in [0.5, 0.6) is 0 Å². The molecule has 0 saturated carbocycles. The molecule has 1 aliphatic rings. The molecule has 0 radical (unpaired) electrons. The summed E-state index contributed by atoms with van der Waals surface area (Å²) >= 11 is 0. The van der Waals surface area contributed by atoms with E-state index in [1.807, 2.05) is 18.2 Å². The molecular weight excluding hydrogens is 386 g/mol. The van der Waals surface area contributed by atoms with Crippen molar-refractivity contribution in [1.29, 1.82) is 0 Å². The van der Waals surface area contributed by atoms with Crippen LogP contribution in [-0.4, -0.2) is 59.3 Å². The second-order valence-electron chi connectivity index (χ2n) is 7.46. The number of aliphatic hydroxyl groups is 1. The third-order valence-corrected chi connectivity index (χ3v) is 7.23. The Morgan fingerprint density at radius 2 is 1.72 bits per heavy atom. The summed E-state index contributed by atoms with van der Waals surface area (Å²) in [4.78, 5) is 2.05. The van der Waals surface area contributed by atoms with Crippen LogP contribution in [0, 0.1) is 0 Å². The summed E-state index contributed by atoms with van der Waals surface area (Å²) < 4.78 is 23.8. The molecule has 4 rings (SSSR count). The number of aliphatic hydroxyl groups excluding tert-OH is 1. The van der Waals surface area contributed by atoms with Crippen LogP contribution in [0.2, 0.25) is 0 Å². The molecule has 0 aliphatic carbocycles. The number of sulfone groups is 1. The van der Waals surface area contributed by atoms with Gasteiger partial charge in [-0.05, 0) is 23.1 Å². The van der Waals surface area contributed by atoms with Crippen molar-refractivity contribution in [3.63, 3.8) is 0 Å². The van der Waals surface area contributed by atoms with Gasteiger partial charge in [-0.25, -0.2) is 8.42 Å². The van der Waals surface area contributed by atoms with Crippen molar-refractivity contribution in [2.24, 2.45) is 0 Å². The number of aromatic nitrogens is 2. The Labute approximate surface area is 171 Å². The van der Waals surface area contributed by atoms with Gasteiger partial charge in [0.1, 0.15) is 0 Å². The molecule has 1 fully saturated rings. The summed E-state index contributed by atoms with van der Waals surface area (Å²) in [5.41, 5.74) is 5.26. The largest absolute Gasteiger partial charge is 0.395 e. The number of nitrogens with one attached hydrogen (secondary N) is 1. The fourth-order valence-electron chi connectivity index (χ4n) is 3.94. The fraction of sp³-hybridized carbons (Fsp3) is 0.318. The minimum Gasteiger partial charge on any atom is -0.395 e. The van der Waals surface area contributed by atoms with E-state index in [0.717, 1.165) is 22.4 Å². The van der Waals surface area contributed by atoms with Gasteiger partial charge in [-0.3, -0.25) is 10.00 Å². The summed E-state index contributed by atoms with van der Waals surface area (Å²) in [6.07, 6.45) is 2.40. The molecule has 1 atom stereocenters. The lowest BCUT2D eigenvalue weighted by Gasteiger charge is -2.27. The highest BCUT2D eigenvalue weighted by Gasteiger charge is 2.32. The van der Waals surface area contributed by atoms with Gasteiger partial charge < -0.3 is 5.11 Å². The Morgan fingerprint density at radius 3 is 2.38 bits per heavy atom. The number of nitrogens with zero attached hydrogens (tertiary/aromatic N) is 2. The van der Waals surface area contributed by atoms with Crippen molar-refractivity contribution < 1.29 is 13.5 Å². The highest BCUT2D eigenvalue weighted by Crippen LogP contribution is 2.27. The molecule has 0 spiro atoms. The standard InChI is InChI=1S/C22H25N3O3S/c26-12-11-25(21-10-13-29(27,28)16-21)15-20-14-23-24-22(20)19-8-6-18(7-9-19)17-4-2-1-3-5-17/h1-9,14,21,26H,10-13,15-16H2,(H,23,24)/t21-/m0/s1. The Balaban J connectivity index is 1.54. The summed E-state index contributed by atoms with van der Waals surface area (Å²) in [6, 6.07) is 18.5. The van der Waals surface area contributed by atoms with Gasteiger partial charge in [-0.2, -0.15) is 5.10 Å². The monoisotopic (exact) mass is 411 g/mol. The van der Waals surface area contributed by atoms with E-state index in [1.54, 1.807) is 6.20 Å². The van der Waals surface area contributed by atoms with E-state index in [9.17, 15) is 13.5 Å². The van der Waals surface area contributed by atoms with Crippen molar-refractivity contribution in [1.82, 2.24) is 15.1 Å². The lowest BCUT2D eigenvalue weighted by Crippen LogP contribution is -2.37. The Kier molecular flexibility index (Phi) is 5.80. The first-order chi connectivity index (χ1) is 14.1. The molecule has 0 bridgehead atoms. The molecule has 7 heteroatoms. The summed E-state index contributed by atoms with van der Waals surface area (Å²) in [7, 11) is -2.98. The average molecular weight is 412 g/mol. The first kappa shape index (κ1) is 19.8. The lowest BCUT2D eigenvalue weighted by molar-refractivity contribution is 0.154. The van der Waals surface area contributed by atoms with Crippen molar-refractivity contribution in [2.75, 3.05) is 24.7 Å². The predicted octanol–water partition coefficient (Wildman–Crippen LogP) is 2.73. The molecule has 29 heavy (non-hydrogen) atoms. The zero-order valence-electron chi connectivity index (χ0n) is 16.2. The summed E-state index contributed by atoms with van der Waals surface area (Å²) in [5, 5.41) is 16.8. The van der Waals surface area contributed by atoms with Gasteiger partial charge in [-0.1, -0.05) is 54.6 Å². The maximum absolute atomic E-state index is 11.9. The Morgan fingerprint density at radius 1 is 1.03 bits per heavy atom. The molecule has 6 nitrogen and oxygen atoms in total. The SMILES string of the molecule is O=S1(=O)CC[C@H](N(CCO)Cc2cn[nH]c2-c2ccc(-c3ccccc3)cc2)C1. The average Bonchev–Trinajstić information content (AvgIpc) is 3.34. The maximum Gasteiger partial charge on any atom is 0.151 e. The van der Waals surface area contributed by atoms with Gasteiger partial charge in [-0.15, -0.1) is 0 Å². The van der Waals surface area contributed by atoms with Gasteiger partial charge in [0.2, 0.25) is 0 Å². The molecule has 1 saturated heterocycles. The van der Waals surface area contributed by atoms with E-state index in [4.69, 9.17) is 0 Å². The highest BCUT2D eigenvalue weighted by atomic mass is 32.2. The van der Waals surface area contributed by atoms with E-state index < -0.39 is 9.84 Å². The lowest BCUT2D eigenvalue weighted by atomic mass is 10.0. The van der Waals surface area contributed by atoms with Gasteiger partial charge in [0, 0.05) is 24.7 Å². The van der Waals surface area contributed by atoms with E-state index in [0.29, 0.717) is 19.5 Å². The molecular formula is C22H25N3O3S. The first-order valence-corrected chi connectivity index (χ1v) is 11.6. The molecule has 1 aliphatic heterocycles. The van der Waals surface area contributed by atoms with Crippen LogP contribution in [0.3, 0.4) is 0 Å². The second kappa shape index (κ2) is 8.49. The molecule has 2 aromatic carbocycles. The van der Waals surface area contributed by atoms with Crippen molar-refractivity contribution in [2.45, 2.75) is 19.0 Å². The van der Waals surface area contributed by atoms with E-state index in [2.05, 4.69) is 51.5 Å². The molecule has 0 unspecified atom stereocenters. The third-order valence-electron chi connectivity index (χ3n) is 5.48. The smallest absolute Gasteiger partial charge is 0.151 e. The number of benzene rings is 2. The van der Waals surface area contributed by atoms with Crippen LogP contribution >= 0.6 is 0 Å². The zero-order chi connectivity index (χ0) is 20.3. The van der Waals surface area contributed by atoms with Crippen LogP contribution in [0.1, 0.15) is 12.0 Å². The first-order valence-electron chi connectivity index (χ1n) is 9.79. The number of rotatable bonds is 7. The maximum atomic E-state index is 11.9. The topological polar surface area (TPSA) is 86.3 Å². The summed E-state index contributed by atoms with van der Waals surface area (Å²) in [5.74, 6) is 0.380. The number of aromatic amines is 1. The van der Waals surface area contributed by atoms with Crippen LogP contribution in [0.4, 0.5) is 0 Å². The predicted molar refractivity (Wildman–Crippen MR) is 114 cm³/mol. The van der Waals surface area contributed by atoms with Gasteiger partial charge in [0.25, 0.3) is 0 Å². The van der Waals surface area contributed by atoms with E-state index >= 15 is 0 Å². The second-order valence-corrected chi connectivity index (χ2v) is 9.69. The van der Waals surface area contributed by atoms with Crippen LogP contribution in [0.25, 0.3) is 22.4 Å². The molecule has 3 aromatic rings. The van der Waals surface area contributed by atoms with Crippen LogP contribution in [-0.2, 0) is 16.4 Å². The van der Waals surface area contributed by atoms with Crippen LogP contribution < -0.4 is 0 Å². The van der Waals surface area contributed by atoms with Gasteiger partial charge in [0.15, 0.2) is 9.84 Å². The van der Waals surface area contributed by atoms with Crippen LogP contribution in [0.15, 0.2) is 60.8 Å². The molecule has 1 aromatic heterocycles. The van der Waals surface area contributed by atoms with Crippen molar-refractivity contribution >= 4 is 9.84 Å². The normalized spacial score (nSPS) is 18.3. The molecule has 2 heterocycles. The Bertz CT molecular complexity index is 1050. The minimum absolute atomic E-state index is 0.00446. The van der Waals surface area contributed by atoms with Crippen molar-refractivity contribution in [3.05, 3.63) is 66.4 Å². The van der Waals surface area contributed by atoms with E-state index in [1.165, 1.54) is 5.56 Å². The van der Waals surface area contributed by atoms with E-state index in [-0.39, 0.29) is 24.2 Å². The zero-order valence-corrected chi connectivity index (χ0v) is 17.0. The fourth-order valence-corrected chi connectivity index (χ4v) is 5.70. The highest BCUT2D eigenvalue weighted by molar-refractivity contribution is 7.91. The van der Waals surface area contributed by atoms with Gasteiger partial charge >= 0.3 is 0 Å². The molecule has 2 N–H and O–H groups in total. The Hall–Kier alpha value is -2.48. The van der Waals surface area contributed by atoms with Gasteiger partial charge in [0.05, 0.1) is 30.0 Å². The molecule has 152 valence electrons. The van der Waals surface area contributed by atoms with Crippen molar-refractivity contribution in [3.8, 4) is 22.4 Å². The summed E-state index contributed by atoms with van der Waals surface area (Å²) in [6.45, 7) is 0.986. The number of H-pyrrole nitrogens is 1. The number of hydrogen-bond acceptors (Lipinski definition) is 5. The minimum atomic E-state index is -2.98. The quantitative estimate of drug-likeness (QED) is 0.624. The number of hydrogen-bond donors (Lipinski definition) is 2. The third kappa shape index (κ3) is 4.58. The molecule has 0 amide bonds.